The molecule has 0 amide bonds. The van der Waals surface area contributed by atoms with Crippen LogP contribution < -0.4 is 11.1 Å². The van der Waals surface area contributed by atoms with E-state index in [-0.39, 0.29) is 12.1 Å². The summed E-state index contributed by atoms with van der Waals surface area (Å²) in [5.74, 6) is 0.368. The van der Waals surface area contributed by atoms with Crippen LogP contribution in [0.15, 0.2) is 47.5 Å². The standard InChI is InChI=1S/C22H27Cl2N3O2/c1-15(20-6-5-18(23)12-21(20)24)27-22(25)26-13-16-3-2-4-17(11-16)14-29-19-7-9-28-10-8-19/h2-6,11-12,15,19H,7-10,13-14H2,1H3,(H3,25,26,27). The van der Waals surface area contributed by atoms with Crippen LogP contribution >= 0.6 is 23.2 Å². The number of nitrogens with zero attached hydrogens (tertiary/aromatic N) is 1. The van der Waals surface area contributed by atoms with Crippen LogP contribution in [0.4, 0.5) is 0 Å². The molecule has 1 atom stereocenters. The second-order valence-electron chi connectivity index (χ2n) is 7.18. The van der Waals surface area contributed by atoms with Crippen molar-refractivity contribution in [2.75, 3.05) is 13.2 Å². The van der Waals surface area contributed by atoms with Gasteiger partial charge in [0.15, 0.2) is 5.96 Å². The number of rotatable bonds is 7. The maximum Gasteiger partial charge on any atom is 0.189 e. The normalized spacial score (nSPS) is 16.6. The number of nitrogens with two attached hydrogens (primary N) is 1. The summed E-state index contributed by atoms with van der Waals surface area (Å²) in [5.41, 5.74) is 9.20. The number of guanidine groups is 1. The molecule has 2 aromatic carbocycles. The van der Waals surface area contributed by atoms with Gasteiger partial charge in [0.25, 0.3) is 0 Å². The quantitative estimate of drug-likeness (QED) is 0.481. The molecule has 1 aliphatic heterocycles. The van der Waals surface area contributed by atoms with Gasteiger partial charge in [0.05, 0.1) is 25.3 Å². The Labute approximate surface area is 182 Å². The fourth-order valence-corrected chi connectivity index (χ4v) is 3.82. The first-order chi connectivity index (χ1) is 14.0. The first kappa shape index (κ1) is 21.9. The molecule has 0 bridgehead atoms. The SMILES string of the molecule is CC(NC(N)=NCc1cccc(COC2CCOCC2)c1)c1ccc(Cl)cc1Cl. The van der Waals surface area contributed by atoms with Crippen LogP contribution in [0.1, 0.15) is 42.5 Å². The highest BCUT2D eigenvalue weighted by molar-refractivity contribution is 6.35. The molecule has 0 saturated carbocycles. The minimum Gasteiger partial charge on any atom is -0.381 e. The molecule has 3 N–H and O–H groups in total. The fourth-order valence-electron chi connectivity index (χ4n) is 3.25. The van der Waals surface area contributed by atoms with E-state index < -0.39 is 0 Å². The fraction of sp³-hybridized carbons (Fsp3) is 0.409. The molecule has 3 rings (SSSR count). The summed E-state index contributed by atoms with van der Waals surface area (Å²) >= 11 is 12.2. The van der Waals surface area contributed by atoms with E-state index in [9.17, 15) is 0 Å². The van der Waals surface area contributed by atoms with E-state index >= 15 is 0 Å². The molecule has 29 heavy (non-hydrogen) atoms. The van der Waals surface area contributed by atoms with Crippen LogP contribution in [0.25, 0.3) is 0 Å². The highest BCUT2D eigenvalue weighted by atomic mass is 35.5. The van der Waals surface area contributed by atoms with Crippen LogP contribution in [-0.2, 0) is 22.6 Å². The Morgan fingerprint density at radius 2 is 1.97 bits per heavy atom. The third-order valence-electron chi connectivity index (χ3n) is 4.87. The lowest BCUT2D eigenvalue weighted by atomic mass is 10.1. The molecular weight excluding hydrogens is 409 g/mol. The Kier molecular flexibility index (Phi) is 8.19. The second-order valence-corrected chi connectivity index (χ2v) is 8.02. The molecule has 2 aromatic rings. The van der Waals surface area contributed by atoms with Crippen molar-refractivity contribution in [2.45, 2.75) is 45.1 Å². The maximum absolute atomic E-state index is 6.26. The lowest BCUT2D eigenvalue weighted by Gasteiger charge is -2.22. The Morgan fingerprint density at radius 3 is 2.72 bits per heavy atom. The van der Waals surface area contributed by atoms with Gasteiger partial charge in [-0.2, -0.15) is 0 Å². The summed E-state index contributed by atoms with van der Waals surface area (Å²) < 4.78 is 11.4. The maximum atomic E-state index is 6.26. The van der Waals surface area contributed by atoms with E-state index in [1.807, 2.05) is 31.2 Å². The van der Waals surface area contributed by atoms with E-state index in [4.69, 9.17) is 38.4 Å². The van der Waals surface area contributed by atoms with Crippen molar-refractivity contribution in [2.24, 2.45) is 10.7 Å². The molecule has 0 aromatic heterocycles. The average Bonchev–Trinajstić information content (AvgIpc) is 2.72. The van der Waals surface area contributed by atoms with Crippen molar-refractivity contribution in [3.63, 3.8) is 0 Å². The third-order valence-corrected chi connectivity index (χ3v) is 5.43. The van der Waals surface area contributed by atoms with Gasteiger partial charge in [-0.3, -0.25) is 0 Å². The molecule has 0 radical (unpaired) electrons. The number of ether oxygens (including phenoxy) is 2. The lowest BCUT2D eigenvalue weighted by Crippen LogP contribution is -2.34. The molecule has 7 heteroatoms. The number of aliphatic imine (C=N–C) groups is 1. The van der Waals surface area contributed by atoms with Gasteiger partial charge >= 0.3 is 0 Å². The zero-order valence-corrected chi connectivity index (χ0v) is 18.0. The van der Waals surface area contributed by atoms with Crippen molar-refractivity contribution < 1.29 is 9.47 Å². The third kappa shape index (κ3) is 6.89. The van der Waals surface area contributed by atoms with E-state index in [1.165, 1.54) is 0 Å². The molecule has 0 aliphatic carbocycles. The predicted octanol–water partition coefficient (Wildman–Crippen LogP) is 4.85. The molecular formula is C22H27Cl2N3O2. The van der Waals surface area contributed by atoms with Gasteiger partial charge in [0.2, 0.25) is 0 Å². The van der Waals surface area contributed by atoms with Gasteiger partial charge in [0.1, 0.15) is 0 Å². The molecule has 5 nitrogen and oxygen atoms in total. The molecule has 1 aliphatic rings. The number of nitrogens with one attached hydrogen (secondary N) is 1. The Hall–Kier alpha value is -1.79. The van der Waals surface area contributed by atoms with Crippen molar-refractivity contribution in [1.82, 2.24) is 5.32 Å². The van der Waals surface area contributed by atoms with Crippen molar-refractivity contribution in [3.05, 3.63) is 69.2 Å². The minimum atomic E-state index is -0.0808. The summed E-state index contributed by atoms with van der Waals surface area (Å²) in [6.45, 7) is 4.63. The number of hydrogen-bond donors (Lipinski definition) is 2. The highest BCUT2D eigenvalue weighted by Gasteiger charge is 2.14. The second kappa shape index (κ2) is 10.8. The molecule has 1 heterocycles. The van der Waals surface area contributed by atoms with Crippen molar-refractivity contribution in [1.29, 1.82) is 0 Å². The molecule has 156 valence electrons. The van der Waals surface area contributed by atoms with Crippen LogP contribution in [0, 0.1) is 0 Å². The van der Waals surface area contributed by atoms with Gasteiger partial charge in [0, 0.05) is 23.3 Å². The Balaban J connectivity index is 1.53. The number of benzene rings is 2. The summed E-state index contributed by atoms with van der Waals surface area (Å²) in [4.78, 5) is 4.46. The Morgan fingerprint density at radius 1 is 1.21 bits per heavy atom. The van der Waals surface area contributed by atoms with Gasteiger partial charge in [-0.1, -0.05) is 53.5 Å². The largest absolute Gasteiger partial charge is 0.381 e. The predicted molar refractivity (Wildman–Crippen MR) is 118 cm³/mol. The number of hydrogen-bond acceptors (Lipinski definition) is 3. The summed E-state index contributed by atoms with van der Waals surface area (Å²) in [5, 5.41) is 4.38. The van der Waals surface area contributed by atoms with E-state index in [1.54, 1.807) is 6.07 Å². The van der Waals surface area contributed by atoms with Gasteiger partial charge in [-0.15, -0.1) is 0 Å². The van der Waals surface area contributed by atoms with Crippen LogP contribution in [0.5, 0.6) is 0 Å². The van der Waals surface area contributed by atoms with E-state index in [0.29, 0.717) is 29.2 Å². The number of halogens is 2. The molecule has 0 spiro atoms. The summed E-state index contributed by atoms with van der Waals surface area (Å²) in [6, 6.07) is 13.6. The Bertz CT molecular complexity index is 839. The van der Waals surface area contributed by atoms with Gasteiger partial charge in [-0.25, -0.2) is 4.99 Å². The van der Waals surface area contributed by atoms with Crippen molar-refractivity contribution in [3.8, 4) is 0 Å². The zero-order valence-electron chi connectivity index (χ0n) is 16.5. The summed E-state index contributed by atoms with van der Waals surface area (Å²) in [7, 11) is 0. The topological polar surface area (TPSA) is 68.9 Å². The molecule has 1 fully saturated rings. The first-order valence-electron chi connectivity index (χ1n) is 9.80. The van der Waals surface area contributed by atoms with E-state index in [2.05, 4.69) is 22.4 Å². The van der Waals surface area contributed by atoms with Crippen LogP contribution in [-0.4, -0.2) is 25.3 Å². The molecule has 1 unspecified atom stereocenters. The lowest BCUT2D eigenvalue weighted by molar-refractivity contribution is -0.0390. The highest BCUT2D eigenvalue weighted by Crippen LogP contribution is 2.26. The first-order valence-corrected chi connectivity index (χ1v) is 10.6. The van der Waals surface area contributed by atoms with E-state index in [0.717, 1.165) is 42.7 Å². The van der Waals surface area contributed by atoms with Gasteiger partial charge in [-0.05, 0) is 48.6 Å². The monoisotopic (exact) mass is 435 g/mol. The minimum absolute atomic E-state index is 0.0808. The van der Waals surface area contributed by atoms with Crippen LogP contribution in [0.3, 0.4) is 0 Å². The van der Waals surface area contributed by atoms with Gasteiger partial charge < -0.3 is 20.5 Å². The smallest absolute Gasteiger partial charge is 0.189 e. The summed E-state index contributed by atoms with van der Waals surface area (Å²) in [6.07, 6.45) is 2.20. The molecule has 1 saturated heterocycles. The van der Waals surface area contributed by atoms with Crippen molar-refractivity contribution >= 4 is 29.2 Å². The average molecular weight is 436 g/mol. The van der Waals surface area contributed by atoms with Crippen LogP contribution in [0.2, 0.25) is 10.0 Å². The zero-order chi connectivity index (χ0) is 20.6.